The quantitative estimate of drug-likeness (QED) is 0.838. The van der Waals surface area contributed by atoms with Crippen LogP contribution in [0.5, 0.6) is 0 Å². The normalized spacial score (nSPS) is 19.6. The predicted molar refractivity (Wildman–Crippen MR) is 75.8 cm³/mol. The summed E-state index contributed by atoms with van der Waals surface area (Å²) in [5.41, 5.74) is 2.44. The van der Waals surface area contributed by atoms with Crippen LogP contribution in [0.1, 0.15) is 44.2 Å². The zero-order valence-corrected chi connectivity index (χ0v) is 11.6. The Morgan fingerprint density at radius 3 is 2.56 bits per heavy atom. The fourth-order valence-electron chi connectivity index (χ4n) is 2.71. The van der Waals surface area contributed by atoms with Crippen LogP contribution in [0, 0.1) is 0 Å². The van der Waals surface area contributed by atoms with Crippen molar-refractivity contribution in [1.82, 2.24) is 5.32 Å². The summed E-state index contributed by atoms with van der Waals surface area (Å²) in [6, 6.07) is 9.23. The maximum Gasteiger partial charge on any atom is 0.0766 e. The molecular formula is C16H25NO. The molecule has 2 heteroatoms. The van der Waals surface area contributed by atoms with E-state index in [4.69, 9.17) is 0 Å². The molecule has 0 heterocycles. The Kier molecular flexibility index (Phi) is 4.41. The Balaban J connectivity index is 1.90. The number of hydrogen-bond acceptors (Lipinski definition) is 2. The Bertz CT molecular complexity index is 384. The Morgan fingerprint density at radius 1 is 1.22 bits per heavy atom. The van der Waals surface area contributed by atoms with Crippen LogP contribution < -0.4 is 5.32 Å². The van der Waals surface area contributed by atoms with Crippen LogP contribution in [0.25, 0.3) is 0 Å². The van der Waals surface area contributed by atoms with Crippen LogP contribution in [0.3, 0.4) is 0 Å². The molecule has 2 nitrogen and oxygen atoms in total. The highest BCUT2D eigenvalue weighted by molar-refractivity contribution is 5.30. The maximum atomic E-state index is 10.3. The van der Waals surface area contributed by atoms with Gasteiger partial charge in [0.1, 0.15) is 0 Å². The lowest BCUT2D eigenvalue weighted by Gasteiger charge is -2.31. The zero-order chi connectivity index (χ0) is 13.0. The summed E-state index contributed by atoms with van der Waals surface area (Å²) in [5, 5.41) is 13.8. The monoisotopic (exact) mass is 247 g/mol. The minimum Gasteiger partial charge on any atom is -0.389 e. The fraction of sp³-hybridized carbons (Fsp3) is 0.625. The summed E-state index contributed by atoms with van der Waals surface area (Å²) in [4.78, 5) is 0. The summed E-state index contributed by atoms with van der Waals surface area (Å²) < 4.78 is 0. The van der Waals surface area contributed by atoms with Crippen molar-refractivity contribution >= 4 is 0 Å². The van der Waals surface area contributed by atoms with Gasteiger partial charge >= 0.3 is 0 Å². The van der Waals surface area contributed by atoms with Crippen molar-refractivity contribution < 1.29 is 5.11 Å². The van der Waals surface area contributed by atoms with Gasteiger partial charge in [-0.2, -0.15) is 0 Å². The van der Waals surface area contributed by atoms with Crippen molar-refractivity contribution in [2.75, 3.05) is 6.54 Å². The van der Waals surface area contributed by atoms with E-state index in [0.717, 1.165) is 25.7 Å². The number of aliphatic hydroxyl groups is 1. The fourth-order valence-corrected chi connectivity index (χ4v) is 2.71. The topological polar surface area (TPSA) is 32.3 Å². The first-order valence-electron chi connectivity index (χ1n) is 7.19. The van der Waals surface area contributed by atoms with Crippen molar-refractivity contribution in [2.45, 2.75) is 57.6 Å². The smallest absolute Gasteiger partial charge is 0.0766 e. The largest absolute Gasteiger partial charge is 0.389 e. The molecule has 2 rings (SSSR count). The summed E-state index contributed by atoms with van der Waals surface area (Å²) in [5.74, 6) is 0. The van der Waals surface area contributed by atoms with Gasteiger partial charge in [-0.25, -0.2) is 0 Å². The molecule has 1 aromatic carbocycles. The minimum absolute atomic E-state index is 0.518. The van der Waals surface area contributed by atoms with Gasteiger partial charge in [-0.15, -0.1) is 0 Å². The van der Waals surface area contributed by atoms with E-state index in [2.05, 4.69) is 43.4 Å². The predicted octanol–water partition coefficient (Wildman–Crippen LogP) is 2.68. The Morgan fingerprint density at radius 2 is 1.89 bits per heavy atom. The molecule has 2 N–H and O–H groups in total. The molecule has 100 valence electrons. The number of rotatable bonds is 5. The highest BCUT2D eigenvalue weighted by atomic mass is 16.3. The van der Waals surface area contributed by atoms with Crippen molar-refractivity contribution in [2.24, 2.45) is 0 Å². The molecule has 1 aromatic rings. The molecule has 0 spiro atoms. The standard InChI is InChI=1S/C16H25NO/c1-3-16(18,4-2)12-17-15-10-9-13-7-5-6-8-14(13)11-15/h5-8,15,17-18H,3-4,9-12H2,1-2H3. The van der Waals surface area contributed by atoms with Gasteiger partial charge in [0.15, 0.2) is 0 Å². The summed E-state index contributed by atoms with van der Waals surface area (Å²) in [6.07, 6.45) is 5.07. The summed E-state index contributed by atoms with van der Waals surface area (Å²) in [6.45, 7) is 4.83. The third kappa shape index (κ3) is 3.12. The van der Waals surface area contributed by atoms with E-state index in [9.17, 15) is 5.11 Å². The first-order valence-corrected chi connectivity index (χ1v) is 7.19. The molecule has 1 unspecified atom stereocenters. The van der Waals surface area contributed by atoms with E-state index in [1.54, 1.807) is 0 Å². The minimum atomic E-state index is -0.531. The first-order chi connectivity index (χ1) is 8.67. The SMILES string of the molecule is CCC(O)(CC)CNC1CCc2ccccc2C1. The zero-order valence-electron chi connectivity index (χ0n) is 11.6. The highest BCUT2D eigenvalue weighted by Gasteiger charge is 2.25. The van der Waals surface area contributed by atoms with Crippen LogP contribution in [-0.2, 0) is 12.8 Å². The maximum absolute atomic E-state index is 10.3. The second-order valence-corrected chi connectivity index (χ2v) is 5.52. The number of benzene rings is 1. The van der Waals surface area contributed by atoms with Crippen LogP contribution in [-0.4, -0.2) is 23.3 Å². The van der Waals surface area contributed by atoms with Gasteiger partial charge < -0.3 is 10.4 Å². The van der Waals surface area contributed by atoms with E-state index in [-0.39, 0.29) is 0 Å². The average Bonchev–Trinajstić information content (AvgIpc) is 2.44. The average molecular weight is 247 g/mol. The lowest BCUT2D eigenvalue weighted by molar-refractivity contribution is 0.0294. The van der Waals surface area contributed by atoms with Crippen molar-refractivity contribution in [3.05, 3.63) is 35.4 Å². The van der Waals surface area contributed by atoms with E-state index in [0.29, 0.717) is 12.6 Å². The molecule has 0 saturated carbocycles. The Hall–Kier alpha value is -0.860. The van der Waals surface area contributed by atoms with Crippen LogP contribution in [0.4, 0.5) is 0 Å². The van der Waals surface area contributed by atoms with Crippen LogP contribution in [0.15, 0.2) is 24.3 Å². The van der Waals surface area contributed by atoms with E-state index >= 15 is 0 Å². The first kappa shape index (κ1) is 13.6. The number of hydrogen-bond donors (Lipinski definition) is 2. The second kappa shape index (κ2) is 5.85. The summed E-state index contributed by atoms with van der Waals surface area (Å²) >= 11 is 0. The molecule has 0 saturated heterocycles. The van der Waals surface area contributed by atoms with Gasteiger partial charge in [0, 0.05) is 12.6 Å². The second-order valence-electron chi connectivity index (χ2n) is 5.52. The lowest BCUT2D eigenvalue weighted by Crippen LogP contribution is -2.45. The lowest BCUT2D eigenvalue weighted by atomic mass is 9.87. The molecule has 0 aliphatic heterocycles. The third-order valence-corrected chi connectivity index (χ3v) is 4.38. The number of aryl methyl sites for hydroxylation is 1. The van der Waals surface area contributed by atoms with Crippen LogP contribution in [0.2, 0.25) is 0 Å². The molecule has 0 bridgehead atoms. The van der Waals surface area contributed by atoms with Gasteiger partial charge in [-0.3, -0.25) is 0 Å². The molecule has 0 radical (unpaired) electrons. The molecule has 0 aromatic heterocycles. The van der Waals surface area contributed by atoms with Gasteiger partial charge in [0.05, 0.1) is 5.60 Å². The Labute approximate surface area is 110 Å². The molecule has 18 heavy (non-hydrogen) atoms. The summed E-state index contributed by atoms with van der Waals surface area (Å²) in [7, 11) is 0. The van der Waals surface area contributed by atoms with E-state index in [1.165, 1.54) is 17.5 Å². The van der Waals surface area contributed by atoms with Crippen molar-refractivity contribution in [3.63, 3.8) is 0 Å². The highest BCUT2D eigenvalue weighted by Crippen LogP contribution is 2.22. The molecule has 1 aliphatic carbocycles. The third-order valence-electron chi connectivity index (χ3n) is 4.38. The van der Waals surface area contributed by atoms with Gasteiger partial charge in [0.2, 0.25) is 0 Å². The van der Waals surface area contributed by atoms with Gasteiger partial charge in [-0.05, 0) is 43.2 Å². The van der Waals surface area contributed by atoms with Crippen molar-refractivity contribution in [3.8, 4) is 0 Å². The van der Waals surface area contributed by atoms with Gasteiger partial charge in [0.25, 0.3) is 0 Å². The molecule has 1 atom stereocenters. The molecule has 1 aliphatic rings. The molecule has 0 amide bonds. The van der Waals surface area contributed by atoms with Gasteiger partial charge in [-0.1, -0.05) is 38.1 Å². The van der Waals surface area contributed by atoms with E-state index < -0.39 is 5.60 Å². The van der Waals surface area contributed by atoms with Crippen molar-refractivity contribution in [1.29, 1.82) is 0 Å². The number of fused-ring (bicyclic) bond motifs is 1. The molecular weight excluding hydrogens is 222 g/mol. The van der Waals surface area contributed by atoms with Crippen LogP contribution >= 0.6 is 0 Å². The number of nitrogens with one attached hydrogen (secondary N) is 1. The van der Waals surface area contributed by atoms with E-state index in [1.807, 2.05) is 0 Å². The molecule has 0 fully saturated rings.